The average molecular weight is 277 g/mol. The molecule has 2 rings (SSSR count). The van der Waals surface area contributed by atoms with Crippen LogP contribution in [0, 0.1) is 11.7 Å². The zero-order valence-electron chi connectivity index (χ0n) is 11.7. The Morgan fingerprint density at radius 3 is 2.65 bits per heavy atom. The maximum Gasteiger partial charge on any atom is 0.138 e. The van der Waals surface area contributed by atoms with Crippen molar-refractivity contribution in [1.29, 1.82) is 0 Å². The van der Waals surface area contributed by atoms with E-state index in [1.165, 1.54) is 12.1 Å². The first kappa shape index (κ1) is 14.7. The molecule has 20 heavy (non-hydrogen) atoms. The van der Waals surface area contributed by atoms with Crippen LogP contribution in [0.2, 0.25) is 0 Å². The Balaban J connectivity index is 2.01. The van der Waals surface area contributed by atoms with Gasteiger partial charge in [0.15, 0.2) is 0 Å². The van der Waals surface area contributed by atoms with Crippen LogP contribution < -0.4 is 0 Å². The Hall–Kier alpha value is -1.75. The Kier molecular flexibility index (Phi) is 5.24. The minimum absolute atomic E-state index is 0.0697. The van der Waals surface area contributed by atoms with E-state index in [0.29, 0.717) is 12.8 Å². The predicted octanol–water partition coefficient (Wildman–Crippen LogP) is 2.22. The minimum atomic E-state index is -0.239. The van der Waals surface area contributed by atoms with Crippen molar-refractivity contribution in [2.75, 3.05) is 6.61 Å². The number of aliphatic hydroxyl groups excluding tert-OH is 1. The largest absolute Gasteiger partial charge is 0.396 e. The standard InChI is InChI=1S/C15H20FN3O/c1-2-7-19-15(17-11-18-19)9-13(10-20)8-12-3-5-14(16)6-4-12/h3-6,11,13,20H,2,7-10H2,1H3. The van der Waals surface area contributed by atoms with Gasteiger partial charge in [-0.3, -0.25) is 4.68 Å². The van der Waals surface area contributed by atoms with E-state index in [1.54, 1.807) is 18.5 Å². The van der Waals surface area contributed by atoms with Gasteiger partial charge in [0.1, 0.15) is 18.0 Å². The van der Waals surface area contributed by atoms with E-state index in [4.69, 9.17) is 0 Å². The molecule has 1 aromatic heterocycles. The maximum absolute atomic E-state index is 12.9. The molecule has 1 atom stereocenters. The highest BCUT2D eigenvalue weighted by Gasteiger charge is 2.14. The molecule has 0 fully saturated rings. The molecule has 0 aliphatic heterocycles. The fourth-order valence-corrected chi connectivity index (χ4v) is 2.26. The molecule has 108 valence electrons. The molecule has 0 saturated carbocycles. The van der Waals surface area contributed by atoms with Gasteiger partial charge in [-0.05, 0) is 36.5 Å². The van der Waals surface area contributed by atoms with Crippen molar-refractivity contribution < 1.29 is 9.50 Å². The Morgan fingerprint density at radius 2 is 2.00 bits per heavy atom. The molecule has 1 N–H and O–H groups in total. The molecule has 0 radical (unpaired) electrons. The lowest BCUT2D eigenvalue weighted by molar-refractivity contribution is 0.221. The van der Waals surface area contributed by atoms with Crippen molar-refractivity contribution in [3.8, 4) is 0 Å². The molecule has 0 amide bonds. The Morgan fingerprint density at radius 1 is 1.25 bits per heavy atom. The fraction of sp³-hybridized carbons (Fsp3) is 0.467. The van der Waals surface area contributed by atoms with E-state index in [9.17, 15) is 9.50 Å². The molecule has 1 aromatic carbocycles. The van der Waals surface area contributed by atoms with Crippen molar-refractivity contribution in [3.05, 3.63) is 47.8 Å². The van der Waals surface area contributed by atoms with Crippen LogP contribution in [0.25, 0.3) is 0 Å². The Bertz CT molecular complexity index is 524. The lowest BCUT2D eigenvalue weighted by Crippen LogP contribution is -2.17. The van der Waals surface area contributed by atoms with Crippen LogP contribution >= 0.6 is 0 Å². The van der Waals surface area contributed by atoms with Gasteiger partial charge < -0.3 is 5.11 Å². The summed E-state index contributed by atoms with van der Waals surface area (Å²) in [4.78, 5) is 4.26. The SMILES string of the molecule is CCCn1ncnc1CC(CO)Cc1ccc(F)cc1. The maximum atomic E-state index is 12.9. The number of hydrogen-bond acceptors (Lipinski definition) is 3. The third-order valence-corrected chi connectivity index (χ3v) is 3.30. The zero-order valence-corrected chi connectivity index (χ0v) is 11.7. The van der Waals surface area contributed by atoms with Gasteiger partial charge >= 0.3 is 0 Å². The molecule has 1 heterocycles. The molecule has 0 spiro atoms. The zero-order chi connectivity index (χ0) is 14.4. The van der Waals surface area contributed by atoms with E-state index < -0.39 is 0 Å². The molecule has 0 saturated heterocycles. The van der Waals surface area contributed by atoms with Crippen LogP contribution in [-0.4, -0.2) is 26.5 Å². The van der Waals surface area contributed by atoms with Crippen LogP contribution in [0.3, 0.4) is 0 Å². The summed E-state index contributed by atoms with van der Waals surface area (Å²) in [5.74, 6) is 0.727. The van der Waals surface area contributed by atoms with Gasteiger partial charge in [-0.15, -0.1) is 0 Å². The van der Waals surface area contributed by atoms with Crippen molar-refractivity contribution in [3.63, 3.8) is 0 Å². The molecule has 0 aliphatic rings. The number of halogens is 1. The smallest absolute Gasteiger partial charge is 0.138 e. The van der Waals surface area contributed by atoms with Crippen LogP contribution in [-0.2, 0) is 19.4 Å². The van der Waals surface area contributed by atoms with Gasteiger partial charge in [-0.25, -0.2) is 9.37 Å². The molecule has 0 aliphatic carbocycles. The molecular weight excluding hydrogens is 257 g/mol. The summed E-state index contributed by atoms with van der Waals surface area (Å²) in [6.45, 7) is 3.01. The van der Waals surface area contributed by atoms with E-state index >= 15 is 0 Å². The molecule has 5 heteroatoms. The lowest BCUT2D eigenvalue weighted by atomic mass is 9.96. The molecule has 2 aromatic rings. The summed E-state index contributed by atoms with van der Waals surface area (Å²) in [5.41, 5.74) is 1.02. The first-order valence-electron chi connectivity index (χ1n) is 6.95. The van der Waals surface area contributed by atoms with Gasteiger partial charge in [0, 0.05) is 19.6 Å². The van der Waals surface area contributed by atoms with E-state index in [0.717, 1.165) is 24.4 Å². The minimum Gasteiger partial charge on any atom is -0.396 e. The van der Waals surface area contributed by atoms with Gasteiger partial charge in [-0.2, -0.15) is 5.10 Å². The van der Waals surface area contributed by atoms with Crippen LogP contribution in [0.15, 0.2) is 30.6 Å². The summed E-state index contributed by atoms with van der Waals surface area (Å²) in [5, 5.41) is 13.7. The van der Waals surface area contributed by atoms with Gasteiger partial charge in [0.2, 0.25) is 0 Å². The van der Waals surface area contributed by atoms with E-state index in [1.807, 2.05) is 4.68 Å². The second-order valence-electron chi connectivity index (χ2n) is 4.98. The lowest BCUT2D eigenvalue weighted by Gasteiger charge is -2.14. The quantitative estimate of drug-likeness (QED) is 0.844. The van der Waals surface area contributed by atoms with Crippen molar-refractivity contribution in [1.82, 2.24) is 14.8 Å². The second kappa shape index (κ2) is 7.14. The average Bonchev–Trinajstić information content (AvgIpc) is 2.88. The third kappa shape index (κ3) is 3.87. The van der Waals surface area contributed by atoms with E-state index in [2.05, 4.69) is 17.0 Å². The summed E-state index contributed by atoms with van der Waals surface area (Å²) in [6, 6.07) is 6.41. The van der Waals surface area contributed by atoms with E-state index in [-0.39, 0.29) is 18.3 Å². The van der Waals surface area contributed by atoms with Crippen LogP contribution in [0.4, 0.5) is 4.39 Å². The topological polar surface area (TPSA) is 50.9 Å². The number of hydrogen-bond donors (Lipinski definition) is 1. The van der Waals surface area contributed by atoms with Gasteiger partial charge in [0.05, 0.1) is 0 Å². The highest BCUT2D eigenvalue weighted by Crippen LogP contribution is 2.14. The van der Waals surface area contributed by atoms with Gasteiger partial charge in [-0.1, -0.05) is 19.1 Å². The van der Waals surface area contributed by atoms with Crippen molar-refractivity contribution in [2.45, 2.75) is 32.7 Å². The normalized spacial score (nSPS) is 12.6. The van der Waals surface area contributed by atoms with Crippen molar-refractivity contribution in [2.24, 2.45) is 5.92 Å². The Labute approximate surface area is 118 Å². The molecule has 1 unspecified atom stereocenters. The molecular formula is C15H20FN3O. The number of aromatic nitrogens is 3. The monoisotopic (exact) mass is 277 g/mol. The summed E-state index contributed by atoms with van der Waals surface area (Å²) < 4.78 is 14.8. The number of benzene rings is 1. The third-order valence-electron chi connectivity index (χ3n) is 3.30. The summed E-state index contributed by atoms with van der Waals surface area (Å²) in [7, 11) is 0. The number of nitrogens with zero attached hydrogens (tertiary/aromatic N) is 3. The van der Waals surface area contributed by atoms with Crippen LogP contribution in [0.1, 0.15) is 24.7 Å². The molecule has 4 nitrogen and oxygen atoms in total. The second-order valence-corrected chi connectivity index (χ2v) is 4.98. The van der Waals surface area contributed by atoms with Crippen molar-refractivity contribution >= 4 is 0 Å². The number of aliphatic hydroxyl groups is 1. The van der Waals surface area contributed by atoms with Crippen LogP contribution in [0.5, 0.6) is 0 Å². The summed E-state index contributed by atoms with van der Waals surface area (Å²) in [6.07, 6.45) is 3.93. The number of aryl methyl sites for hydroxylation is 1. The fourth-order valence-electron chi connectivity index (χ4n) is 2.26. The highest BCUT2D eigenvalue weighted by molar-refractivity contribution is 5.16. The first-order valence-corrected chi connectivity index (χ1v) is 6.95. The number of rotatable bonds is 7. The van der Waals surface area contributed by atoms with Gasteiger partial charge in [0.25, 0.3) is 0 Å². The first-order chi connectivity index (χ1) is 9.72. The molecule has 0 bridgehead atoms. The summed E-state index contributed by atoms with van der Waals surface area (Å²) >= 11 is 0. The predicted molar refractivity (Wildman–Crippen MR) is 74.7 cm³/mol. The highest BCUT2D eigenvalue weighted by atomic mass is 19.1.